The molecule has 3 aromatic heterocycles. The third-order valence-corrected chi connectivity index (χ3v) is 4.93. The minimum absolute atomic E-state index is 0.317. The van der Waals surface area contributed by atoms with Crippen LogP contribution in [0.5, 0.6) is 0 Å². The van der Waals surface area contributed by atoms with Gasteiger partial charge in [0.25, 0.3) is 10.1 Å². The van der Waals surface area contributed by atoms with Crippen molar-refractivity contribution in [3.8, 4) is 23.1 Å². The minimum atomic E-state index is -4.34. The Labute approximate surface area is 165 Å². The second kappa shape index (κ2) is 7.05. The van der Waals surface area contributed by atoms with Gasteiger partial charge in [0.15, 0.2) is 5.65 Å². The molecule has 0 atom stereocenters. The standard InChI is InChI=1S/C19H11ClN4O3S/c20-16-5-3-14(4-6-16)18-7-8-24-19(23-18)15(11-22-24)2-1-13-9-17(12-21-10-13)28(25,26)27/h3-12H,(H,25,26,27). The summed E-state index contributed by atoms with van der Waals surface area (Å²) in [6.07, 6.45) is 5.80. The predicted octanol–water partition coefficient (Wildman–Crippen LogP) is 3.09. The molecule has 0 unspecified atom stereocenters. The van der Waals surface area contributed by atoms with Crippen molar-refractivity contribution in [2.24, 2.45) is 0 Å². The molecule has 0 saturated heterocycles. The van der Waals surface area contributed by atoms with E-state index < -0.39 is 10.1 Å². The van der Waals surface area contributed by atoms with Gasteiger partial charge in [-0.3, -0.25) is 9.54 Å². The number of aromatic nitrogens is 4. The number of nitrogens with zero attached hydrogens (tertiary/aromatic N) is 4. The molecule has 0 amide bonds. The highest BCUT2D eigenvalue weighted by atomic mass is 35.5. The van der Waals surface area contributed by atoms with Crippen molar-refractivity contribution in [3.63, 3.8) is 0 Å². The van der Waals surface area contributed by atoms with Crippen LogP contribution in [0, 0.1) is 11.8 Å². The van der Waals surface area contributed by atoms with Crippen LogP contribution in [0.25, 0.3) is 16.9 Å². The maximum Gasteiger partial charge on any atom is 0.296 e. The van der Waals surface area contributed by atoms with Gasteiger partial charge in [0.1, 0.15) is 4.90 Å². The van der Waals surface area contributed by atoms with E-state index in [-0.39, 0.29) is 4.90 Å². The minimum Gasteiger partial charge on any atom is -0.282 e. The first-order chi connectivity index (χ1) is 13.4. The van der Waals surface area contributed by atoms with Crippen LogP contribution in [-0.2, 0) is 10.1 Å². The van der Waals surface area contributed by atoms with Crippen LogP contribution in [-0.4, -0.2) is 32.6 Å². The van der Waals surface area contributed by atoms with E-state index in [1.807, 2.05) is 18.2 Å². The Morgan fingerprint density at radius 2 is 1.82 bits per heavy atom. The number of hydrogen-bond donors (Lipinski definition) is 1. The summed E-state index contributed by atoms with van der Waals surface area (Å²) in [6.45, 7) is 0. The van der Waals surface area contributed by atoms with Crippen LogP contribution in [0.3, 0.4) is 0 Å². The summed E-state index contributed by atoms with van der Waals surface area (Å²) >= 11 is 5.93. The van der Waals surface area contributed by atoms with E-state index in [1.54, 1.807) is 29.0 Å². The molecular formula is C19H11ClN4O3S. The summed E-state index contributed by atoms with van der Waals surface area (Å²) in [4.78, 5) is 8.08. The zero-order valence-corrected chi connectivity index (χ0v) is 15.7. The number of fused-ring (bicyclic) bond motifs is 1. The number of benzene rings is 1. The molecular weight excluding hydrogens is 400 g/mol. The Balaban J connectivity index is 1.74. The smallest absolute Gasteiger partial charge is 0.282 e. The van der Waals surface area contributed by atoms with Gasteiger partial charge >= 0.3 is 0 Å². The fourth-order valence-electron chi connectivity index (χ4n) is 2.51. The van der Waals surface area contributed by atoms with E-state index in [0.29, 0.717) is 21.8 Å². The third kappa shape index (κ3) is 3.73. The molecule has 9 heteroatoms. The third-order valence-electron chi connectivity index (χ3n) is 3.86. The van der Waals surface area contributed by atoms with Crippen LogP contribution in [0.4, 0.5) is 0 Å². The van der Waals surface area contributed by atoms with Crippen molar-refractivity contribution in [2.75, 3.05) is 0 Å². The first kappa shape index (κ1) is 18.1. The van der Waals surface area contributed by atoms with Crippen molar-refractivity contribution < 1.29 is 13.0 Å². The van der Waals surface area contributed by atoms with E-state index in [2.05, 4.69) is 26.9 Å². The molecule has 4 rings (SSSR count). The highest BCUT2D eigenvalue weighted by Gasteiger charge is 2.10. The summed E-state index contributed by atoms with van der Waals surface area (Å²) in [7, 11) is -4.34. The topological polar surface area (TPSA) is 97.5 Å². The number of pyridine rings is 1. The van der Waals surface area contributed by atoms with Gasteiger partial charge < -0.3 is 0 Å². The quantitative estimate of drug-likeness (QED) is 0.403. The Morgan fingerprint density at radius 3 is 2.57 bits per heavy atom. The highest BCUT2D eigenvalue weighted by Crippen LogP contribution is 2.21. The normalized spacial score (nSPS) is 11.2. The zero-order valence-electron chi connectivity index (χ0n) is 14.1. The molecule has 0 saturated carbocycles. The predicted molar refractivity (Wildman–Crippen MR) is 103 cm³/mol. The van der Waals surface area contributed by atoms with E-state index >= 15 is 0 Å². The Bertz CT molecular complexity index is 1350. The molecule has 7 nitrogen and oxygen atoms in total. The summed E-state index contributed by atoms with van der Waals surface area (Å²) < 4.78 is 33.2. The number of rotatable bonds is 2. The molecule has 0 radical (unpaired) electrons. The van der Waals surface area contributed by atoms with Gasteiger partial charge in [-0.25, -0.2) is 9.50 Å². The van der Waals surface area contributed by atoms with Crippen molar-refractivity contribution in [1.82, 2.24) is 19.6 Å². The molecule has 1 aromatic carbocycles. The van der Waals surface area contributed by atoms with Gasteiger partial charge in [0.05, 0.1) is 17.5 Å². The maximum absolute atomic E-state index is 11.2. The average Bonchev–Trinajstić information content (AvgIpc) is 3.09. The van der Waals surface area contributed by atoms with Crippen LogP contribution in [0.1, 0.15) is 11.1 Å². The molecule has 0 aliphatic carbocycles. The Morgan fingerprint density at radius 1 is 1.04 bits per heavy atom. The van der Waals surface area contributed by atoms with E-state index in [0.717, 1.165) is 17.5 Å². The monoisotopic (exact) mass is 410 g/mol. The van der Waals surface area contributed by atoms with Crippen LogP contribution in [0.2, 0.25) is 5.02 Å². The van der Waals surface area contributed by atoms with Crippen molar-refractivity contribution in [1.29, 1.82) is 0 Å². The fourth-order valence-corrected chi connectivity index (χ4v) is 3.10. The SMILES string of the molecule is O=S(=O)(O)c1cncc(C#Cc2cnn3ccc(-c4ccc(Cl)cc4)nc23)c1. The highest BCUT2D eigenvalue weighted by molar-refractivity contribution is 7.85. The van der Waals surface area contributed by atoms with Gasteiger partial charge in [0, 0.05) is 34.7 Å². The average molecular weight is 411 g/mol. The van der Waals surface area contributed by atoms with Gasteiger partial charge in [-0.15, -0.1) is 0 Å². The molecule has 0 fully saturated rings. The van der Waals surface area contributed by atoms with Crippen molar-refractivity contribution in [2.45, 2.75) is 4.90 Å². The molecule has 1 N–H and O–H groups in total. The Hall–Kier alpha value is -3.25. The molecule has 28 heavy (non-hydrogen) atoms. The first-order valence-electron chi connectivity index (χ1n) is 7.95. The molecule has 0 aliphatic rings. The maximum atomic E-state index is 11.2. The van der Waals surface area contributed by atoms with Gasteiger partial charge in [-0.2, -0.15) is 13.5 Å². The van der Waals surface area contributed by atoms with Gasteiger partial charge in [-0.05, 0) is 24.3 Å². The van der Waals surface area contributed by atoms with E-state index in [1.165, 1.54) is 12.3 Å². The number of hydrogen-bond acceptors (Lipinski definition) is 5. The number of halogens is 1. The summed E-state index contributed by atoms with van der Waals surface area (Å²) in [5.41, 5.74) is 3.09. The van der Waals surface area contributed by atoms with Crippen molar-refractivity contribution in [3.05, 3.63) is 77.3 Å². The lowest BCUT2D eigenvalue weighted by Crippen LogP contribution is -1.99. The van der Waals surface area contributed by atoms with Gasteiger partial charge in [0.2, 0.25) is 0 Å². The molecule has 3 heterocycles. The second-order valence-electron chi connectivity index (χ2n) is 5.78. The molecule has 4 aromatic rings. The molecule has 138 valence electrons. The summed E-state index contributed by atoms with van der Waals surface area (Å²) in [5, 5.41) is 4.86. The lowest BCUT2D eigenvalue weighted by Gasteiger charge is -2.02. The largest absolute Gasteiger partial charge is 0.296 e. The Kier molecular flexibility index (Phi) is 4.57. The second-order valence-corrected chi connectivity index (χ2v) is 7.64. The van der Waals surface area contributed by atoms with E-state index in [9.17, 15) is 8.42 Å². The van der Waals surface area contributed by atoms with Crippen LogP contribution in [0.15, 0.2) is 66.1 Å². The summed E-state index contributed by atoms with van der Waals surface area (Å²) in [5.74, 6) is 5.74. The zero-order chi connectivity index (χ0) is 19.7. The summed E-state index contributed by atoms with van der Waals surface area (Å²) in [6, 6.07) is 10.4. The van der Waals surface area contributed by atoms with E-state index in [4.69, 9.17) is 16.2 Å². The molecule has 0 bridgehead atoms. The van der Waals surface area contributed by atoms with Gasteiger partial charge in [-0.1, -0.05) is 35.6 Å². The lowest BCUT2D eigenvalue weighted by molar-refractivity contribution is 0.482. The van der Waals surface area contributed by atoms with Crippen LogP contribution >= 0.6 is 11.6 Å². The molecule has 0 aliphatic heterocycles. The fraction of sp³-hybridized carbons (Fsp3) is 0. The lowest BCUT2D eigenvalue weighted by atomic mass is 10.1. The van der Waals surface area contributed by atoms with Crippen molar-refractivity contribution >= 4 is 27.4 Å². The molecule has 0 spiro atoms. The van der Waals surface area contributed by atoms with Crippen LogP contribution < -0.4 is 0 Å². The first-order valence-corrected chi connectivity index (χ1v) is 9.77.